The molecule has 0 fully saturated rings. The minimum Gasteiger partial charge on any atom is -0.508 e. The minimum atomic E-state index is -0.791. The summed E-state index contributed by atoms with van der Waals surface area (Å²) in [6.45, 7) is 1.88. The van der Waals surface area contributed by atoms with Crippen LogP contribution in [0.15, 0.2) is 48.7 Å². The molecule has 0 saturated carbocycles. The molecule has 5 N–H and O–H groups in total. The molecule has 0 atom stereocenters. The number of urea groups is 1. The van der Waals surface area contributed by atoms with Crippen molar-refractivity contribution < 1.29 is 15.0 Å². The van der Waals surface area contributed by atoms with Gasteiger partial charge >= 0.3 is 6.03 Å². The van der Waals surface area contributed by atoms with E-state index in [1.807, 2.05) is 31.2 Å². The van der Waals surface area contributed by atoms with Crippen molar-refractivity contribution in [3.05, 3.63) is 54.2 Å². The van der Waals surface area contributed by atoms with E-state index in [1.165, 1.54) is 10.7 Å². The molecule has 4 rings (SSSR count). The van der Waals surface area contributed by atoms with Gasteiger partial charge in [0.1, 0.15) is 22.9 Å². The van der Waals surface area contributed by atoms with Crippen LogP contribution in [0, 0.1) is 0 Å². The van der Waals surface area contributed by atoms with Gasteiger partial charge in [-0.25, -0.2) is 9.48 Å². The summed E-state index contributed by atoms with van der Waals surface area (Å²) in [5.41, 5.74) is 8.09. The van der Waals surface area contributed by atoms with Crippen LogP contribution in [-0.4, -0.2) is 36.2 Å². The first-order valence-corrected chi connectivity index (χ1v) is 8.91. The number of amides is 2. The first-order chi connectivity index (χ1) is 14.0. The van der Waals surface area contributed by atoms with Crippen molar-refractivity contribution in [1.29, 1.82) is 0 Å². The summed E-state index contributed by atoms with van der Waals surface area (Å²) in [5, 5.41) is 31.9. The lowest BCUT2D eigenvalue weighted by molar-refractivity contribution is 0.259. The first-order valence-electron chi connectivity index (χ1n) is 8.91. The Hall–Kier alpha value is -4.14. The molecule has 2 amide bonds. The second-order valence-electron chi connectivity index (χ2n) is 6.39. The molecule has 0 saturated heterocycles. The maximum atomic E-state index is 11.5. The molecule has 0 radical (unpaired) electrons. The molecule has 4 aromatic rings. The number of phenolic OH excluding ortho intramolecular Hbond substituents is 2. The van der Waals surface area contributed by atoms with Gasteiger partial charge in [-0.05, 0) is 30.2 Å². The normalized spacial score (nSPS) is 10.9. The lowest BCUT2D eigenvalue weighted by atomic mass is 10.0. The van der Waals surface area contributed by atoms with Gasteiger partial charge < -0.3 is 15.9 Å². The van der Waals surface area contributed by atoms with Crippen molar-refractivity contribution in [2.45, 2.75) is 13.3 Å². The standard InChI is InChI=1S/C20H18N6O3/c1-2-11-9-15(17(28)10-16(11)27)26-18(19(24-25-26)23-20(21)29)13-5-3-7-14-12(13)6-4-8-22-14/h3-10,27-28H,2H2,1H3,(H3,21,23,29). The van der Waals surface area contributed by atoms with Crippen LogP contribution in [0.4, 0.5) is 10.6 Å². The molecule has 9 nitrogen and oxygen atoms in total. The van der Waals surface area contributed by atoms with E-state index >= 15 is 0 Å². The van der Waals surface area contributed by atoms with Crippen molar-refractivity contribution in [3.63, 3.8) is 0 Å². The minimum absolute atomic E-state index is 0.0136. The topological polar surface area (TPSA) is 139 Å². The number of nitrogens with zero attached hydrogens (tertiary/aromatic N) is 4. The monoisotopic (exact) mass is 390 g/mol. The van der Waals surface area contributed by atoms with E-state index in [-0.39, 0.29) is 17.3 Å². The van der Waals surface area contributed by atoms with E-state index in [0.29, 0.717) is 28.9 Å². The van der Waals surface area contributed by atoms with Crippen LogP contribution >= 0.6 is 0 Å². The van der Waals surface area contributed by atoms with Crippen LogP contribution in [-0.2, 0) is 6.42 Å². The Labute approximate surface area is 165 Å². The second-order valence-corrected chi connectivity index (χ2v) is 6.39. The highest BCUT2D eigenvalue weighted by Gasteiger charge is 2.22. The quantitative estimate of drug-likeness (QED) is 0.422. The lowest BCUT2D eigenvalue weighted by Gasteiger charge is -2.13. The van der Waals surface area contributed by atoms with Gasteiger partial charge in [0.25, 0.3) is 0 Å². The highest BCUT2D eigenvalue weighted by Crippen LogP contribution is 2.37. The van der Waals surface area contributed by atoms with E-state index in [9.17, 15) is 15.0 Å². The van der Waals surface area contributed by atoms with Gasteiger partial charge in [-0.15, -0.1) is 5.10 Å². The zero-order chi connectivity index (χ0) is 20.5. The zero-order valence-corrected chi connectivity index (χ0v) is 15.5. The summed E-state index contributed by atoms with van der Waals surface area (Å²) in [6.07, 6.45) is 2.23. The Balaban J connectivity index is 2.03. The summed E-state index contributed by atoms with van der Waals surface area (Å²) in [7, 11) is 0. The smallest absolute Gasteiger partial charge is 0.317 e. The van der Waals surface area contributed by atoms with Crippen molar-refractivity contribution in [3.8, 4) is 28.4 Å². The van der Waals surface area contributed by atoms with E-state index in [0.717, 1.165) is 10.9 Å². The molecule has 0 unspecified atom stereocenters. The molecule has 0 aliphatic heterocycles. The number of phenols is 2. The third-order valence-corrected chi connectivity index (χ3v) is 4.60. The highest BCUT2D eigenvalue weighted by molar-refractivity contribution is 5.99. The molecule has 0 aliphatic rings. The average molecular weight is 390 g/mol. The molecular weight excluding hydrogens is 372 g/mol. The van der Waals surface area contributed by atoms with Crippen LogP contribution in [0.1, 0.15) is 12.5 Å². The van der Waals surface area contributed by atoms with Gasteiger partial charge in [-0.3, -0.25) is 10.3 Å². The van der Waals surface area contributed by atoms with E-state index < -0.39 is 6.03 Å². The number of aryl methyl sites for hydroxylation is 1. The molecule has 0 aliphatic carbocycles. The third-order valence-electron chi connectivity index (χ3n) is 4.60. The summed E-state index contributed by atoms with van der Waals surface area (Å²) in [5.74, 6) is -0.0607. The summed E-state index contributed by atoms with van der Waals surface area (Å²) in [4.78, 5) is 15.9. The number of hydrogen-bond acceptors (Lipinski definition) is 6. The van der Waals surface area contributed by atoms with Crippen molar-refractivity contribution in [2.75, 3.05) is 5.32 Å². The number of carbonyl (C=O) groups excluding carboxylic acids is 1. The fourth-order valence-corrected chi connectivity index (χ4v) is 3.26. The number of nitrogens with two attached hydrogens (primary N) is 1. The van der Waals surface area contributed by atoms with Gasteiger partial charge in [0.2, 0.25) is 0 Å². The van der Waals surface area contributed by atoms with Crippen LogP contribution in [0.2, 0.25) is 0 Å². The predicted molar refractivity (Wildman–Crippen MR) is 108 cm³/mol. The number of aromatic hydroxyl groups is 2. The number of primary amides is 1. The number of pyridine rings is 1. The Morgan fingerprint density at radius 1 is 1.17 bits per heavy atom. The Kier molecular flexibility index (Phi) is 4.47. The Morgan fingerprint density at radius 3 is 2.76 bits per heavy atom. The summed E-state index contributed by atoms with van der Waals surface area (Å²) >= 11 is 0. The number of aromatic nitrogens is 4. The van der Waals surface area contributed by atoms with E-state index in [1.54, 1.807) is 18.3 Å². The SMILES string of the molecule is CCc1cc(-n2nnc(NC(N)=O)c2-c2cccc3ncccc23)c(O)cc1O. The average Bonchev–Trinajstić information content (AvgIpc) is 3.10. The van der Waals surface area contributed by atoms with Crippen LogP contribution in [0.5, 0.6) is 11.5 Å². The first kappa shape index (κ1) is 18.2. The van der Waals surface area contributed by atoms with Gasteiger partial charge in [-0.2, -0.15) is 0 Å². The Bertz CT molecular complexity index is 1230. The van der Waals surface area contributed by atoms with Gasteiger partial charge in [0.15, 0.2) is 5.82 Å². The largest absolute Gasteiger partial charge is 0.508 e. The summed E-state index contributed by atoms with van der Waals surface area (Å²) in [6, 6.07) is 11.3. The highest BCUT2D eigenvalue weighted by atomic mass is 16.3. The van der Waals surface area contributed by atoms with Gasteiger partial charge in [0, 0.05) is 23.2 Å². The molecular formula is C20H18N6O3. The number of fused-ring (bicyclic) bond motifs is 1. The maximum Gasteiger partial charge on any atom is 0.317 e. The fraction of sp³-hybridized carbons (Fsp3) is 0.100. The summed E-state index contributed by atoms with van der Waals surface area (Å²) < 4.78 is 1.40. The fourth-order valence-electron chi connectivity index (χ4n) is 3.26. The number of anilines is 1. The van der Waals surface area contributed by atoms with Crippen molar-refractivity contribution in [1.82, 2.24) is 20.0 Å². The van der Waals surface area contributed by atoms with E-state index in [4.69, 9.17) is 5.73 Å². The molecule has 2 heterocycles. The number of rotatable bonds is 4. The molecule has 0 bridgehead atoms. The lowest BCUT2D eigenvalue weighted by Crippen LogP contribution is -2.20. The molecule has 0 spiro atoms. The third kappa shape index (κ3) is 3.18. The molecule has 2 aromatic heterocycles. The molecule has 29 heavy (non-hydrogen) atoms. The number of benzene rings is 2. The molecule has 9 heteroatoms. The zero-order valence-electron chi connectivity index (χ0n) is 15.5. The van der Waals surface area contributed by atoms with Crippen molar-refractivity contribution >= 4 is 22.8 Å². The predicted octanol–water partition coefficient (Wildman–Crippen LogP) is 2.95. The molecule has 146 valence electrons. The van der Waals surface area contributed by atoms with Gasteiger partial charge in [0.05, 0.1) is 5.52 Å². The number of nitrogens with one attached hydrogen (secondary N) is 1. The van der Waals surface area contributed by atoms with Crippen LogP contribution < -0.4 is 11.1 Å². The van der Waals surface area contributed by atoms with E-state index in [2.05, 4.69) is 20.6 Å². The van der Waals surface area contributed by atoms with Crippen LogP contribution in [0.3, 0.4) is 0 Å². The Morgan fingerprint density at radius 2 is 2.00 bits per heavy atom. The second kappa shape index (κ2) is 7.12. The number of hydrogen-bond donors (Lipinski definition) is 4. The van der Waals surface area contributed by atoms with Crippen molar-refractivity contribution in [2.24, 2.45) is 5.73 Å². The maximum absolute atomic E-state index is 11.5. The number of carbonyl (C=O) groups is 1. The van der Waals surface area contributed by atoms with Crippen LogP contribution in [0.25, 0.3) is 27.8 Å². The van der Waals surface area contributed by atoms with Gasteiger partial charge in [-0.1, -0.05) is 30.3 Å². The molecule has 2 aromatic carbocycles.